The summed E-state index contributed by atoms with van der Waals surface area (Å²) < 4.78 is 5.34. The van der Waals surface area contributed by atoms with Crippen LogP contribution in [0.25, 0.3) is 0 Å². The van der Waals surface area contributed by atoms with Crippen molar-refractivity contribution in [2.24, 2.45) is 0 Å². The third kappa shape index (κ3) is 7.04. The molecular formula is C19H30N2O2. The summed E-state index contributed by atoms with van der Waals surface area (Å²) in [6, 6.07) is 11.2. The number of alkyl carbamates (subject to hydrolysis) is 1. The Labute approximate surface area is 140 Å². The molecule has 0 saturated heterocycles. The Hall–Kier alpha value is -1.55. The van der Waals surface area contributed by atoms with Crippen LogP contribution in [-0.4, -0.2) is 30.3 Å². The predicted octanol–water partition coefficient (Wildman–Crippen LogP) is 3.65. The molecule has 1 fully saturated rings. The summed E-state index contributed by atoms with van der Waals surface area (Å²) in [5, 5.41) is 6.64. The Kier molecular flexibility index (Phi) is 6.46. The van der Waals surface area contributed by atoms with Gasteiger partial charge in [-0.1, -0.05) is 30.3 Å². The van der Waals surface area contributed by atoms with E-state index >= 15 is 0 Å². The number of nitrogens with one attached hydrogen (secondary N) is 2. The summed E-state index contributed by atoms with van der Waals surface area (Å²) >= 11 is 0. The number of rotatable bonds is 5. The number of amides is 1. The molecule has 0 radical (unpaired) electrons. The van der Waals surface area contributed by atoms with E-state index in [0.29, 0.717) is 6.04 Å². The Morgan fingerprint density at radius 1 is 1.17 bits per heavy atom. The van der Waals surface area contributed by atoms with Crippen LogP contribution in [0.5, 0.6) is 0 Å². The van der Waals surface area contributed by atoms with E-state index in [1.165, 1.54) is 12.0 Å². The highest BCUT2D eigenvalue weighted by molar-refractivity contribution is 5.68. The van der Waals surface area contributed by atoms with Crippen molar-refractivity contribution >= 4 is 6.09 Å². The maximum absolute atomic E-state index is 11.9. The van der Waals surface area contributed by atoms with E-state index in [1.807, 2.05) is 26.8 Å². The first-order valence-corrected chi connectivity index (χ1v) is 8.69. The second kappa shape index (κ2) is 8.34. The topological polar surface area (TPSA) is 50.4 Å². The molecule has 2 unspecified atom stereocenters. The van der Waals surface area contributed by atoms with Gasteiger partial charge in [0.05, 0.1) is 0 Å². The van der Waals surface area contributed by atoms with Gasteiger partial charge in [0.1, 0.15) is 5.60 Å². The lowest BCUT2D eigenvalue weighted by Crippen LogP contribution is -2.46. The number of benzene rings is 1. The van der Waals surface area contributed by atoms with Crippen molar-refractivity contribution in [2.45, 2.75) is 70.6 Å². The van der Waals surface area contributed by atoms with Crippen LogP contribution >= 0.6 is 0 Å². The maximum atomic E-state index is 11.9. The molecule has 2 rings (SSSR count). The van der Waals surface area contributed by atoms with Crippen molar-refractivity contribution in [3.63, 3.8) is 0 Å². The molecule has 2 atom stereocenters. The number of ether oxygens (including phenoxy) is 1. The zero-order valence-corrected chi connectivity index (χ0v) is 14.6. The molecule has 2 N–H and O–H groups in total. The minimum absolute atomic E-state index is 0.216. The van der Waals surface area contributed by atoms with E-state index in [0.717, 1.165) is 32.2 Å². The number of carbonyl (C=O) groups is 1. The Balaban J connectivity index is 1.70. The van der Waals surface area contributed by atoms with E-state index in [1.54, 1.807) is 0 Å². The summed E-state index contributed by atoms with van der Waals surface area (Å²) in [6.45, 7) is 6.65. The van der Waals surface area contributed by atoms with Crippen LogP contribution in [0, 0.1) is 0 Å². The summed E-state index contributed by atoms with van der Waals surface area (Å²) in [5.41, 5.74) is 0.922. The smallest absolute Gasteiger partial charge is 0.407 e. The molecule has 0 spiro atoms. The molecule has 0 bridgehead atoms. The second-order valence-corrected chi connectivity index (χ2v) is 7.40. The lowest BCUT2D eigenvalue weighted by molar-refractivity contribution is 0.0489. The third-order valence-electron chi connectivity index (χ3n) is 4.08. The maximum Gasteiger partial charge on any atom is 0.407 e. The highest BCUT2D eigenvalue weighted by atomic mass is 16.6. The van der Waals surface area contributed by atoms with Gasteiger partial charge in [-0.25, -0.2) is 4.79 Å². The van der Waals surface area contributed by atoms with Gasteiger partial charge in [-0.05, 0) is 65.0 Å². The summed E-state index contributed by atoms with van der Waals surface area (Å²) in [7, 11) is 0. The van der Waals surface area contributed by atoms with Gasteiger partial charge in [-0.3, -0.25) is 0 Å². The normalized spacial score (nSPS) is 21.7. The average molecular weight is 318 g/mol. The fourth-order valence-corrected chi connectivity index (χ4v) is 3.05. The third-order valence-corrected chi connectivity index (χ3v) is 4.08. The average Bonchev–Trinajstić information content (AvgIpc) is 2.46. The van der Waals surface area contributed by atoms with Crippen LogP contribution in [-0.2, 0) is 11.2 Å². The second-order valence-electron chi connectivity index (χ2n) is 7.40. The molecule has 0 heterocycles. The first kappa shape index (κ1) is 17.8. The van der Waals surface area contributed by atoms with E-state index < -0.39 is 5.60 Å². The summed E-state index contributed by atoms with van der Waals surface area (Å²) in [4.78, 5) is 11.9. The van der Waals surface area contributed by atoms with Gasteiger partial charge in [-0.2, -0.15) is 0 Å². The number of hydrogen-bond donors (Lipinski definition) is 2. The van der Waals surface area contributed by atoms with Gasteiger partial charge in [0, 0.05) is 12.1 Å². The lowest BCUT2D eigenvalue weighted by atomic mass is 9.91. The summed E-state index contributed by atoms with van der Waals surface area (Å²) in [5.74, 6) is 0. The minimum Gasteiger partial charge on any atom is -0.444 e. The molecule has 4 nitrogen and oxygen atoms in total. The van der Waals surface area contributed by atoms with Gasteiger partial charge < -0.3 is 15.4 Å². The fraction of sp³-hybridized carbons (Fsp3) is 0.632. The largest absolute Gasteiger partial charge is 0.444 e. The highest BCUT2D eigenvalue weighted by Crippen LogP contribution is 2.19. The molecular weight excluding hydrogens is 288 g/mol. The molecule has 1 aromatic carbocycles. The van der Waals surface area contributed by atoms with Crippen molar-refractivity contribution in [2.75, 3.05) is 6.54 Å². The summed E-state index contributed by atoms with van der Waals surface area (Å²) in [6.07, 6.45) is 5.09. The van der Waals surface area contributed by atoms with Crippen LogP contribution < -0.4 is 10.6 Å². The van der Waals surface area contributed by atoms with E-state index in [-0.39, 0.29) is 12.1 Å². The van der Waals surface area contributed by atoms with Crippen molar-refractivity contribution in [3.8, 4) is 0 Å². The van der Waals surface area contributed by atoms with Crippen molar-refractivity contribution < 1.29 is 9.53 Å². The van der Waals surface area contributed by atoms with E-state index in [4.69, 9.17) is 4.74 Å². The molecule has 1 aromatic rings. The van der Waals surface area contributed by atoms with Crippen LogP contribution in [0.15, 0.2) is 30.3 Å². The predicted molar refractivity (Wildman–Crippen MR) is 93.6 cm³/mol. The molecule has 1 amide bonds. The molecule has 1 aliphatic rings. The molecule has 128 valence electrons. The van der Waals surface area contributed by atoms with Crippen LogP contribution in [0.2, 0.25) is 0 Å². The first-order chi connectivity index (χ1) is 10.9. The van der Waals surface area contributed by atoms with Crippen LogP contribution in [0.1, 0.15) is 52.0 Å². The van der Waals surface area contributed by atoms with Crippen molar-refractivity contribution in [1.82, 2.24) is 10.6 Å². The monoisotopic (exact) mass is 318 g/mol. The molecule has 0 aliphatic heterocycles. The van der Waals surface area contributed by atoms with Crippen LogP contribution in [0.4, 0.5) is 4.79 Å². The van der Waals surface area contributed by atoms with Crippen molar-refractivity contribution in [1.29, 1.82) is 0 Å². The zero-order valence-electron chi connectivity index (χ0n) is 14.6. The Bertz CT molecular complexity index is 482. The molecule has 4 heteroatoms. The van der Waals surface area contributed by atoms with Gasteiger partial charge >= 0.3 is 6.09 Å². The first-order valence-electron chi connectivity index (χ1n) is 8.69. The van der Waals surface area contributed by atoms with Gasteiger partial charge in [0.15, 0.2) is 0 Å². The van der Waals surface area contributed by atoms with E-state index in [9.17, 15) is 4.79 Å². The van der Waals surface area contributed by atoms with Gasteiger partial charge in [-0.15, -0.1) is 0 Å². The zero-order chi connectivity index (χ0) is 16.7. The molecule has 1 aliphatic carbocycles. The molecule has 1 saturated carbocycles. The fourth-order valence-electron chi connectivity index (χ4n) is 3.05. The Morgan fingerprint density at radius 3 is 2.57 bits per heavy atom. The standard InChI is InChI=1S/C19H30N2O2/c1-19(2,3)23-18(22)21-17-11-7-10-16(14-17)20-13-12-15-8-5-4-6-9-15/h4-6,8-9,16-17,20H,7,10-14H2,1-3H3,(H,21,22). The van der Waals surface area contributed by atoms with Crippen LogP contribution in [0.3, 0.4) is 0 Å². The number of hydrogen-bond acceptors (Lipinski definition) is 3. The number of carbonyl (C=O) groups excluding carboxylic acids is 1. The van der Waals surface area contributed by atoms with Crippen molar-refractivity contribution in [3.05, 3.63) is 35.9 Å². The van der Waals surface area contributed by atoms with E-state index in [2.05, 4.69) is 34.9 Å². The Morgan fingerprint density at radius 2 is 1.87 bits per heavy atom. The SMILES string of the molecule is CC(C)(C)OC(=O)NC1CCCC(NCCc2ccccc2)C1. The van der Waals surface area contributed by atoms with Gasteiger partial charge in [0.2, 0.25) is 0 Å². The highest BCUT2D eigenvalue weighted by Gasteiger charge is 2.25. The quantitative estimate of drug-likeness (QED) is 0.871. The van der Waals surface area contributed by atoms with Gasteiger partial charge in [0.25, 0.3) is 0 Å². The molecule has 0 aromatic heterocycles. The minimum atomic E-state index is -0.438. The lowest BCUT2D eigenvalue weighted by Gasteiger charge is -2.31. The molecule has 23 heavy (non-hydrogen) atoms.